The molecular weight excluding hydrogens is 283 g/mol. The number of rotatable bonds is 2. The molecule has 4 nitrogen and oxygen atoms in total. The van der Waals surface area contributed by atoms with E-state index in [1.54, 1.807) is 0 Å². The lowest BCUT2D eigenvalue weighted by molar-refractivity contribution is -0.140. The Balaban J connectivity index is 2.35. The number of halogens is 3. The van der Waals surface area contributed by atoms with Crippen LogP contribution in [0.3, 0.4) is 0 Å². The second kappa shape index (κ2) is 5.12. The largest absolute Gasteiger partial charge is 0.480 e. The molecule has 0 radical (unpaired) electrons. The van der Waals surface area contributed by atoms with Crippen LogP contribution < -0.4 is 0 Å². The van der Waals surface area contributed by atoms with Crippen molar-refractivity contribution in [2.24, 2.45) is 0 Å². The Hall–Kier alpha value is -1.70. The first-order valence-electron chi connectivity index (χ1n) is 5.18. The Kier molecular flexibility index (Phi) is 3.70. The first-order valence-corrected chi connectivity index (χ1v) is 6.34. The van der Waals surface area contributed by atoms with Gasteiger partial charge in [-0.15, -0.1) is 11.8 Å². The van der Waals surface area contributed by atoms with Gasteiger partial charge in [0.25, 0.3) is 5.91 Å². The van der Waals surface area contributed by atoms with E-state index in [0.717, 1.165) is 11.0 Å². The van der Waals surface area contributed by atoms with Crippen LogP contribution in [0.1, 0.15) is 10.4 Å². The summed E-state index contributed by atoms with van der Waals surface area (Å²) in [5.41, 5.74) is -0.673. The number of carboxylic acids is 1. The number of hydrogen-bond acceptors (Lipinski definition) is 3. The van der Waals surface area contributed by atoms with Gasteiger partial charge in [-0.25, -0.2) is 18.0 Å². The maximum Gasteiger partial charge on any atom is 0.327 e. The van der Waals surface area contributed by atoms with Crippen LogP contribution >= 0.6 is 11.8 Å². The van der Waals surface area contributed by atoms with Gasteiger partial charge in [-0.05, 0) is 12.1 Å². The highest BCUT2D eigenvalue weighted by atomic mass is 32.2. The van der Waals surface area contributed by atoms with Gasteiger partial charge >= 0.3 is 5.97 Å². The quantitative estimate of drug-likeness (QED) is 0.843. The maximum atomic E-state index is 13.5. The molecule has 0 unspecified atom stereocenters. The monoisotopic (exact) mass is 291 g/mol. The summed E-state index contributed by atoms with van der Waals surface area (Å²) < 4.78 is 39.3. The van der Waals surface area contributed by atoms with Gasteiger partial charge < -0.3 is 10.0 Å². The van der Waals surface area contributed by atoms with Crippen LogP contribution in [0.5, 0.6) is 0 Å². The van der Waals surface area contributed by atoms with Crippen LogP contribution in [0.2, 0.25) is 0 Å². The van der Waals surface area contributed by atoms with Gasteiger partial charge in [-0.3, -0.25) is 4.79 Å². The molecule has 1 saturated heterocycles. The van der Waals surface area contributed by atoms with Crippen molar-refractivity contribution < 1.29 is 27.9 Å². The third-order valence-electron chi connectivity index (χ3n) is 2.69. The molecule has 1 aliphatic heterocycles. The summed E-state index contributed by atoms with van der Waals surface area (Å²) in [6.07, 6.45) is 0. The van der Waals surface area contributed by atoms with Crippen LogP contribution in [0.15, 0.2) is 12.1 Å². The number of carbonyl (C=O) groups is 2. The maximum absolute atomic E-state index is 13.5. The summed E-state index contributed by atoms with van der Waals surface area (Å²) in [6, 6.07) is 0.341. The molecule has 1 N–H and O–H groups in total. The molecule has 2 rings (SSSR count). The number of aliphatic carboxylic acids is 1. The second-order valence-electron chi connectivity index (χ2n) is 3.85. The third-order valence-corrected chi connectivity index (χ3v) is 3.71. The van der Waals surface area contributed by atoms with Gasteiger partial charge in [0.05, 0.1) is 11.4 Å². The number of benzene rings is 1. The van der Waals surface area contributed by atoms with Crippen LogP contribution in [0, 0.1) is 17.5 Å². The van der Waals surface area contributed by atoms with Crippen molar-refractivity contribution in [2.75, 3.05) is 11.6 Å². The third kappa shape index (κ3) is 2.40. The fraction of sp³-hybridized carbons (Fsp3) is 0.273. The van der Waals surface area contributed by atoms with Crippen LogP contribution in [0.25, 0.3) is 0 Å². The Bertz CT molecular complexity index is 552. The summed E-state index contributed by atoms with van der Waals surface area (Å²) >= 11 is 1.19. The molecule has 19 heavy (non-hydrogen) atoms. The first-order chi connectivity index (χ1) is 8.93. The molecule has 0 bridgehead atoms. The molecule has 0 spiro atoms. The van der Waals surface area contributed by atoms with Gasteiger partial charge in [0.2, 0.25) is 0 Å². The minimum atomic E-state index is -1.75. The molecule has 1 amide bonds. The topological polar surface area (TPSA) is 57.6 Å². The van der Waals surface area contributed by atoms with Crippen LogP contribution in [-0.2, 0) is 4.79 Å². The molecule has 1 aliphatic rings. The molecule has 1 aromatic rings. The molecule has 1 atom stereocenters. The summed E-state index contributed by atoms with van der Waals surface area (Å²) in [6.45, 7) is 0. The number of carboxylic acid groups (broad SMARTS) is 1. The van der Waals surface area contributed by atoms with E-state index in [9.17, 15) is 22.8 Å². The van der Waals surface area contributed by atoms with E-state index < -0.39 is 40.9 Å². The molecule has 1 aromatic carbocycles. The van der Waals surface area contributed by atoms with Gasteiger partial charge in [-0.1, -0.05) is 0 Å². The number of carbonyl (C=O) groups excluding carboxylic acids is 1. The SMILES string of the molecule is O=C(O)[C@@H]1CSCN1C(=O)c1ccc(F)c(F)c1F. The number of amides is 1. The number of thioether (sulfide) groups is 1. The Morgan fingerprint density at radius 2 is 1.95 bits per heavy atom. The van der Waals surface area contributed by atoms with Crippen LogP contribution in [-0.4, -0.2) is 39.6 Å². The second-order valence-corrected chi connectivity index (χ2v) is 4.85. The van der Waals surface area contributed by atoms with Crippen molar-refractivity contribution in [3.63, 3.8) is 0 Å². The van der Waals surface area contributed by atoms with Crippen molar-refractivity contribution in [1.82, 2.24) is 4.90 Å². The van der Waals surface area contributed by atoms with E-state index in [0.29, 0.717) is 6.07 Å². The van der Waals surface area contributed by atoms with Crippen molar-refractivity contribution in [3.8, 4) is 0 Å². The predicted molar refractivity (Wildman–Crippen MR) is 61.2 cm³/mol. The van der Waals surface area contributed by atoms with Crippen molar-refractivity contribution in [1.29, 1.82) is 0 Å². The van der Waals surface area contributed by atoms with E-state index in [4.69, 9.17) is 5.11 Å². The Labute approximate surface area is 110 Å². The average molecular weight is 291 g/mol. The molecule has 8 heteroatoms. The lowest BCUT2D eigenvalue weighted by atomic mass is 10.1. The highest BCUT2D eigenvalue weighted by Gasteiger charge is 2.36. The number of nitrogens with zero attached hydrogens (tertiary/aromatic N) is 1. The normalized spacial score (nSPS) is 18.7. The average Bonchev–Trinajstić information content (AvgIpc) is 2.84. The minimum Gasteiger partial charge on any atom is -0.480 e. The molecule has 0 aliphatic carbocycles. The zero-order valence-electron chi connectivity index (χ0n) is 9.40. The number of hydrogen-bond donors (Lipinski definition) is 1. The summed E-state index contributed by atoms with van der Waals surface area (Å²) in [7, 11) is 0. The van der Waals surface area contributed by atoms with Gasteiger partial charge in [0.1, 0.15) is 6.04 Å². The van der Waals surface area contributed by atoms with Gasteiger partial charge in [-0.2, -0.15) is 0 Å². The van der Waals surface area contributed by atoms with E-state index in [1.807, 2.05) is 0 Å². The highest BCUT2D eigenvalue weighted by molar-refractivity contribution is 7.99. The molecule has 1 fully saturated rings. The standard InChI is InChI=1S/C11H8F3NO3S/c12-6-2-1-5(8(13)9(6)14)10(16)15-4-19-3-7(15)11(17)18/h1-2,7H,3-4H2,(H,17,18)/t7-/m0/s1. The molecule has 102 valence electrons. The molecule has 0 aromatic heterocycles. The van der Waals surface area contributed by atoms with Crippen molar-refractivity contribution in [2.45, 2.75) is 6.04 Å². The fourth-order valence-electron chi connectivity index (χ4n) is 1.69. The molecule has 0 saturated carbocycles. The molecular formula is C11H8F3NO3S. The zero-order valence-corrected chi connectivity index (χ0v) is 10.2. The fourth-order valence-corrected chi connectivity index (χ4v) is 2.84. The van der Waals surface area contributed by atoms with E-state index in [1.165, 1.54) is 11.8 Å². The minimum absolute atomic E-state index is 0.0637. The van der Waals surface area contributed by atoms with Crippen molar-refractivity contribution >= 4 is 23.6 Å². The summed E-state index contributed by atoms with van der Waals surface area (Å²) in [4.78, 5) is 23.8. The van der Waals surface area contributed by atoms with Gasteiger partial charge in [0, 0.05) is 5.75 Å². The lowest BCUT2D eigenvalue weighted by Crippen LogP contribution is -2.42. The Morgan fingerprint density at radius 3 is 2.58 bits per heavy atom. The van der Waals surface area contributed by atoms with Crippen molar-refractivity contribution in [3.05, 3.63) is 35.1 Å². The van der Waals surface area contributed by atoms with E-state index >= 15 is 0 Å². The van der Waals surface area contributed by atoms with Gasteiger partial charge in [0.15, 0.2) is 17.5 Å². The Morgan fingerprint density at radius 1 is 1.26 bits per heavy atom. The summed E-state index contributed by atoms with van der Waals surface area (Å²) in [5, 5.41) is 8.91. The first kappa shape index (κ1) is 13.7. The van der Waals surface area contributed by atoms with E-state index in [2.05, 4.69) is 0 Å². The summed E-state index contributed by atoms with van der Waals surface area (Å²) in [5.74, 6) is -6.70. The zero-order chi connectivity index (χ0) is 14.2. The predicted octanol–water partition coefficient (Wildman–Crippen LogP) is 1.70. The van der Waals surface area contributed by atoms with Crippen LogP contribution in [0.4, 0.5) is 13.2 Å². The lowest BCUT2D eigenvalue weighted by Gasteiger charge is -2.20. The molecule has 1 heterocycles. The highest BCUT2D eigenvalue weighted by Crippen LogP contribution is 2.25. The smallest absolute Gasteiger partial charge is 0.327 e. The van der Waals surface area contributed by atoms with E-state index in [-0.39, 0.29) is 11.6 Å².